The summed E-state index contributed by atoms with van der Waals surface area (Å²) in [5, 5.41) is 10.6. The summed E-state index contributed by atoms with van der Waals surface area (Å²) in [6, 6.07) is 14.5. The Morgan fingerprint density at radius 3 is 2.47 bits per heavy atom. The Hall–Kier alpha value is -3.37. The van der Waals surface area contributed by atoms with Gasteiger partial charge in [0.05, 0.1) is 16.5 Å². The molecule has 176 valence electrons. The minimum Gasteiger partial charge on any atom is -0.434 e. The summed E-state index contributed by atoms with van der Waals surface area (Å²) in [4.78, 5) is 4.50. The van der Waals surface area contributed by atoms with Crippen LogP contribution in [0.3, 0.4) is 0 Å². The van der Waals surface area contributed by atoms with Crippen molar-refractivity contribution >= 4 is 20.9 Å². The summed E-state index contributed by atoms with van der Waals surface area (Å²) < 4.78 is 71.5. The van der Waals surface area contributed by atoms with Crippen LogP contribution in [0.25, 0.3) is 22.2 Å². The molecule has 1 aromatic heterocycles. The number of fused-ring (bicyclic) bond motifs is 3. The fourth-order valence-corrected chi connectivity index (χ4v) is 5.10. The average Bonchev–Trinajstić information content (AvgIpc) is 3.31. The van der Waals surface area contributed by atoms with E-state index in [9.17, 15) is 22.3 Å². The Kier molecular flexibility index (Phi) is 5.37. The Bertz CT molecular complexity index is 1500. The second kappa shape index (κ2) is 8.14. The van der Waals surface area contributed by atoms with Gasteiger partial charge in [-0.2, -0.15) is 8.78 Å². The summed E-state index contributed by atoms with van der Waals surface area (Å²) in [6.45, 7) is -3.04. The first kappa shape index (κ1) is 22.4. The fraction of sp³-hybridized carbons (Fsp3) is 0.208. The van der Waals surface area contributed by atoms with E-state index < -0.39 is 34.4 Å². The number of imidazole rings is 1. The number of rotatable bonds is 5. The molecule has 2 heterocycles. The molecule has 1 aliphatic heterocycles. The van der Waals surface area contributed by atoms with Crippen LogP contribution in [-0.4, -0.2) is 35.9 Å². The molecular weight excluding hydrogens is 469 g/mol. The van der Waals surface area contributed by atoms with Crippen LogP contribution in [0.4, 0.5) is 13.2 Å². The van der Waals surface area contributed by atoms with E-state index in [1.807, 2.05) is 0 Å². The molecule has 34 heavy (non-hydrogen) atoms. The third-order valence-electron chi connectivity index (χ3n) is 5.96. The molecule has 0 radical (unpaired) electrons. The van der Waals surface area contributed by atoms with E-state index in [4.69, 9.17) is 0 Å². The zero-order valence-electron chi connectivity index (χ0n) is 17.8. The van der Waals surface area contributed by atoms with Crippen molar-refractivity contribution < 1.29 is 31.4 Å². The van der Waals surface area contributed by atoms with Gasteiger partial charge < -0.3 is 14.4 Å². The Morgan fingerprint density at radius 2 is 1.79 bits per heavy atom. The molecule has 1 unspecified atom stereocenters. The molecule has 0 fully saturated rings. The third-order valence-corrected chi connectivity index (χ3v) is 7.09. The number of nitrogens with zero attached hydrogens (tertiary/aromatic N) is 2. The molecule has 0 bridgehead atoms. The van der Waals surface area contributed by atoms with Crippen LogP contribution in [0.2, 0.25) is 0 Å². The predicted octanol–water partition coefficient (Wildman–Crippen LogP) is 4.87. The number of aliphatic hydroxyl groups excluding tert-OH is 1. The topological polar surface area (TPSA) is 81.4 Å². The molecule has 2 atom stereocenters. The number of para-hydroxylation sites is 1. The maximum absolute atomic E-state index is 15.9. The van der Waals surface area contributed by atoms with Crippen molar-refractivity contribution in [1.82, 2.24) is 9.55 Å². The van der Waals surface area contributed by atoms with Crippen molar-refractivity contribution in [1.29, 1.82) is 0 Å². The Labute approximate surface area is 193 Å². The van der Waals surface area contributed by atoms with Gasteiger partial charge in [0.25, 0.3) is 0 Å². The van der Waals surface area contributed by atoms with Gasteiger partial charge in [0.1, 0.15) is 23.2 Å². The molecule has 1 aliphatic rings. The van der Waals surface area contributed by atoms with Gasteiger partial charge >= 0.3 is 6.61 Å². The molecule has 0 aliphatic carbocycles. The maximum atomic E-state index is 15.9. The monoisotopic (exact) mass is 488 g/mol. The molecule has 10 heteroatoms. The first-order chi connectivity index (χ1) is 16.1. The van der Waals surface area contributed by atoms with Crippen molar-refractivity contribution in [3.8, 4) is 16.9 Å². The number of sulfone groups is 1. The number of hydrogen-bond donors (Lipinski definition) is 1. The van der Waals surface area contributed by atoms with Gasteiger partial charge in [0.15, 0.2) is 15.7 Å². The summed E-state index contributed by atoms with van der Waals surface area (Å²) in [5.41, 5.74) is 1.47. The molecule has 0 spiro atoms. The maximum Gasteiger partial charge on any atom is 0.387 e. The first-order valence-corrected chi connectivity index (χ1v) is 12.3. The molecule has 4 aromatic rings. The molecule has 5 rings (SSSR count). The van der Waals surface area contributed by atoms with Crippen LogP contribution in [0.5, 0.6) is 5.75 Å². The van der Waals surface area contributed by atoms with E-state index in [1.165, 1.54) is 41.0 Å². The van der Waals surface area contributed by atoms with Crippen LogP contribution < -0.4 is 4.74 Å². The number of ether oxygens (including phenoxy) is 1. The lowest BCUT2D eigenvalue weighted by Gasteiger charge is -2.19. The van der Waals surface area contributed by atoms with Crippen LogP contribution in [0, 0.1) is 5.82 Å². The number of benzene rings is 3. The third kappa shape index (κ3) is 3.72. The lowest BCUT2D eigenvalue weighted by atomic mass is 10.0. The van der Waals surface area contributed by atoms with Gasteiger partial charge in [-0.1, -0.05) is 30.3 Å². The molecule has 3 aromatic carbocycles. The quantitative estimate of drug-likeness (QED) is 0.433. The van der Waals surface area contributed by atoms with E-state index in [-0.39, 0.29) is 34.0 Å². The second-order valence-corrected chi connectivity index (χ2v) is 10.1. The van der Waals surface area contributed by atoms with Gasteiger partial charge in [-0.05, 0) is 35.9 Å². The van der Waals surface area contributed by atoms with E-state index in [2.05, 4.69) is 9.72 Å². The highest BCUT2D eigenvalue weighted by Gasteiger charge is 2.37. The highest BCUT2D eigenvalue weighted by molar-refractivity contribution is 7.90. The zero-order chi connectivity index (χ0) is 24.2. The smallest absolute Gasteiger partial charge is 0.387 e. The summed E-state index contributed by atoms with van der Waals surface area (Å²) in [5.74, 6) is -0.442. The van der Waals surface area contributed by atoms with E-state index in [0.29, 0.717) is 16.6 Å². The number of halogens is 3. The highest BCUT2D eigenvalue weighted by Crippen LogP contribution is 2.45. The number of aliphatic hydroxyl groups is 1. The normalized spacial score (nSPS) is 17.9. The standard InChI is InChI=1S/C24H19F3N2O4S/c1-34(31,32)14-8-6-13(7-9-14)15-10-11-17-22(21(15)25)29-18(12-19(30)23(29)28-17)16-4-2-3-5-20(16)33-24(26)27/h2-11,18-19,24,30H,12H2,1H3/t18?,19-/m0/s1. The summed E-state index contributed by atoms with van der Waals surface area (Å²) in [7, 11) is -3.40. The van der Waals surface area contributed by atoms with Gasteiger partial charge in [0.2, 0.25) is 0 Å². The lowest BCUT2D eigenvalue weighted by molar-refractivity contribution is -0.0507. The van der Waals surface area contributed by atoms with Crippen molar-refractivity contribution in [2.75, 3.05) is 6.26 Å². The molecule has 1 N–H and O–H groups in total. The van der Waals surface area contributed by atoms with Crippen molar-refractivity contribution in [3.63, 3.8) is 0 Å². The SMILES string of the molecule is CS(=O)(=O)c1ccc(-c2ccc3nc4n(c3c2F)C(c2ccccc2OC(F)F)C[C@@H]4O)cc1. The van der Waals surface area contributed by atoms with E-state index in [0.717, 1.165) is 6.26 Å². The van der Waals surface area contributed by atoms with Gasteiger partial charge in [-0.15, -0.1) is 0 Å². The summed E-state index contributed by atoms with van der Waals surface area (Å²) >= 11 is 0. The second-order valence-electron chi connectivity index (χ2n) is 8.12. The average molecular weight is 488 g/mol. The Morgan fingerprint density at radius 1 is 1.09 bits per heavy atom. The lowest BCUT2D eigenvalue weighted by Crippen LogP contribution is -2.11. The minimum atomic E-state index is -3.40. The first-order valence-electron chi connectivity index (χ1n) is 10.4. The molecule has 0 saturated heterocycles. The van der Waals surface area contributed by atoms with Crippen LogP contribution in [0.15, 0.2) is 65.6 Å². The number of hydrogen-bond acceptors (Lipinski definition) is 5. The van der Waals surface area contributed by atoms with Crippen LogP contribution >= 0.6 is 0 Å². The Balaban J connectivity index is 1.67. The van der Waals surface area contributed by atoms with Crippen LogP contribution in [0.1, 0.15) is 30.0 Å². The van der Waals surface area contributed by atoms with Gasteiger partial charge in [0, 0.05) is 23.8 Å². The van der Waals surface area contributed by atoms with E-state index >= 15 is 4.39 Å². The van der Waals surface area contributed by atoms with Crippen molar-refractivity contribution in [2.24, 2.45) is 0 Å². The highest BCUT2D eigenvalue weighted by atomic mass is 32.2. The minimum absolute atomic E-state index is 0.0580. The van der Waals surface area contributed by atoms with Crippen LogP contribution in [-0.2, 0) is 9.84 Å². The molecule has 0 saturated carbocycles. The summed E-state index contributed by atoms with van der Waals surface area (Å²) in [6.07, 6.45) is 0.189. The van der Waals surface area contributed by atoms with E-state index in [1.54, 1.807) is 24.3 Å². The fourth-order valence-electron chi connectivity index (χ4n) is 4.47. The van der Waals surface area contributed by atoms with Gasteiger partial charge in [-0.3, -0.25) is 0 Å². The largest absolute Gasteiger partial charge is 0.434 e. The van der Waals surface area contributed by atoms with Crippen molar-refractivity contribution in [2.45, 2.75) is 30.1 Å². The molecular formula is C24H19F3N2O4S. The zero-order valence-corrected chi connectivity index (χ0v) is 18.6. The van der Waals surface area contributed by atoms with Crippen molar-refractivity contribution in [3.05, 3.63) is 77.9 Å². The predicted molar refractivity (Wildman–Crippen MR) is 119 cm³/mol. The number of alkyl halides is 2. The van der Waals surface area contributed by atoms with Gasteiger partial charge in [-0.25, -0.2) is 17.8 Å². The number of aromatic nitrogens is 2. The molecule has 6 nitrogen and oxygen atoms in total. The molecule has 0 amide bonds.